The van der Waals surface area contributed by atoms with Crippen LogP contribution in [0.2, 0.25) is 0 Å². The first-order chi connectivity index (χ1) is 11.9. The smallest absolute Gasteiger partial charge is 0.142 e. The molecule has 3 rings (SSSR count). The Bertz CT molecular complexity index is 949. The highest BCUT2D eigenvalue weighted by molar-refractivity contribution is 5.72. The van der Waals surface area contributed by atoms with Crippen LogP contribution in [0.5, 0.6) is 0 Å². The summed E-state index contributed by atoms with van der Waals surface area (Å²) >= 11 is 0. The van der Waals surface area contributed by atoms with Crippen LogP contribution in [0.4, 0.5) is 17.6 Å². The lowest BCUT2D eigenvalue weighted by molar-refractivity contribution is 0.574. The summed E-state index contributed by atoms with van der Waals surface area (Å²) in [5.74, 6) is -2.04. The van der Waals surface area contributed by atoms with Gasteiger partial charge in [-0.3, -0.25) is 0 Å². The second-order valence-corrected chi connectivity index (χ2v) is 5.64. The molecule has 0 bridgehead atoms. The van der Waals surface area contributed by atoms with Gasteiger partial charge in [0.2, 0.25) is 0 Å². The molecule has 0 amide bonds. The van der Waals surface area contributed by atoms with E-state index in [1.165, 1.54) is 0 Å². The fraction of sp³-hybridized carbons (Fsp3) is 0.0476. The van der Waals surface area contributed by atoms with Crippen LogP contribution in [0.25, 0.3) is 22.3 Å². The Kier molecular flexibility index (Phi) is 4.33. The van der Waals surface area contributed by atoms with Crippen molar-refractivity contribution in [2.45, 2.75) is 6.92 Å². The maximum Gasteiger partial charge on any atom is 0.142 e. The van der Waals surface area contributed by atoms with E-state index in [0.717, 1.165) is 29.8 Å². The topological polar surface area (TPSA) is 0 Å². The molecular formula is C21H12F4. The number of terminal acetylenes is 1. The largest absolute Gasteiger partial charge is 0.206 e. The molecule has 0 saturated carbocycles. The van der Waals surface area contributed by atoms with E-state index >= 15 is 0 Å². The molecule has 0 unspecified atom stereocenters. The first-order valence-electron chi connectivity index (χ1n) is 7.43. The molecule has 0 fully saturated rings. The average Bonchev–Trinajstić information content (AvgIpc) is 2.54. The van der Waals surface area contributed by atoms with Gasteiger partial charge in [-0.25, -0.2) is 17.6 Å². The highest BCUT2D eigenvalue weighted by Gasteiger charge is 2.18. The number of hydrogen-bond acceptors (Lipinski definition) is 0. The van der Waals surface area contributed by atoms with Gasteiger partial charge in [0.15, 0.2) is 0 Å². The Labute approximate surface area is 142 Å². The highest BCUT2D eigenvalue weighted by Crippen LogP contribution is 2.32. The van der Waals surface area contributed by atoms with Crippen molar-refractivity contribution in [1.29, 1.82) is 0 Å². The molecule has 0 N–H and O–H groups in total. The number of rotatable bonds is 2. The third kappa shape index (κ3) is 3.14. The first kappa shape index (κ1) is 16.8. The first-order valence-corrected chi connectivity index (χ1v) is 7.43. The molecule has 0 aromatic heterocycles. The second-order valence-electron chi connectivity index (χ2n) is 5.64. The van der Waals surface area contributed by atoms with E-state index < -0.39 is 34.4 Å². The summed E-state index contributed by atoms with van der Waals surface area (Å²) in [6.45, 7) is 1.90. The van der Waals surface area contributed by atoms with Gasteiger partial charge in [-0.05, 0) is 47.9 Å². The van der Waals surface area contributed by atoms with Gasteiger partial charge in [-0.1, -0.05) is 35.7 Å². The molecule has 124 valence electrons. The molecule has 0 aliphatic carbocycles. The third-order valence-electron chi connectivity index (χ3n) is 3.90. The van der Waals surface area contributed by atoms with Crippen LogP contribution >= 0.6 is 0 Å². The summed E-state index contributed by atoms with van der Waals surface area (Å²) in [5.41, 5.74) is 0.660. The van der Waals surface area contributed by atoms with Gasteiger partial charge in [0, 0.05) is 0 Å². The van der Waals surface area contributed by atoms with Gasteiger partial charge >= 0.3 is 0 Å². The lowest BCUT2D eigenvalue weighted by Crippen LogP contribution is -1.97. The maximum atomic E-state index is 14.5. The Morgan fingerprint density at radius 1 is 0.680 bits per heavy atom. The maximum absolute atomic E-state index is 14.5. The average molecular weight is 340 g/mol. The molecule has 0 nitrogen and oxygen atoms in total. The van der Waals surface area contributed by atoms with E-state index in [4.69, 9.17) is 6.42 Å². The van der Waals surface area contributed by atoms with Crippen LogP contribution in [-0.2, 0) is 0 Å². The SMILES string of the molecule is C#Cc1c(F)cc(-c2c(F)cc(-c3ccc(C)cc3)cc2F)cc1F. The third-order valence-corrected chi connectivity index (χ3v) is 3.90. The molecule has 0 aliphatic rings. The molecule has 0 radical (unpaired) electrons. The fourth-order valence-corrected chi connectivity index (χ4v) is 2.62. The van der Waals surface area contributed by atoms with Crippen molar-refractivity contribution in [1.82, 2.24) is 0 Å². The Hall–Kier alpha value is -3.06. The zero-order chi connectivity index (χ0) is 18.1. The molecule has 0 spiro atoms. The van der Waals surface area contributed by atoms with Crippen molar-refractivity contribution in [2.75, 3.05) is 0 Å². The quantitative estimate of drug-likeness (QED) is 0.404. The fourth-order valence-electron chi connectivity index (χ4n) is 2.62. The van der Waals surface area contributed by atoms with E-state index in [1.54, 1.807) is 12.1 Å². The van der Waals surface area contributed by atoms with Crippen LogP contribution in [0, 0.1) is 42.5 Å². The molecule has 25 heavy (non-hydrogen) atoms. The zero-order valence-electron chi connectivity index (χ0n) is 13.2. The van der Waals surface area contributed by atoms with Gasteiger partial charge in [-0.15, -0.1) is 6.42 Å². The summed E-state index contributed by atoms with van der Waals surface area (Å²) in [4.78, 5) is 0. The van der Waals surface area contributed by atoms with Crippen molar-refractivity contribution < 1.29 is 17.6 Å². The van der Waals surface area contributed by atoms with Crippen LogP contribution in [0.3, 0.4) is 0 Å². The Balaban J connectivity index is 2.13. The standard InChI is InChI=1S/C21H12F4/c1-3-16-17(22)10-15(11-18(16)23)21-19(24)8-14(9-20(21)25)13-6-4-12(2)5-7-13/h1,4-11H,2H3. The molecule has 4 heteroatoms. The second kappa shape index (κ2) is 6.45. The van der Waals surface area contributed by atoms with E-state index in [-0.39, 0.29) is 5.56 Å². The number of benzene rings is 3. The molecule has 3 aromatic carbocycles. The summed E-state index contributed by atoms with van der Waals surface area (Å²) in [6.07, 6.45) is 5.02. The highest BCUT2D eigenvalue weighted by atomic mass is 19.1. The van der Waals surface area contributed by atoms with Crippen molar-refractivity contribution in [3.63, 3.8) is 0 Å². The minimum absolute atomic E-state index is 0.251. The van der Waals surface area contributed by atoms with Crippen molar-refractivity contribution in [3.8, 4) is 34.6 Å². The number of aryl methyl sites for hydroxylation is 1. The summed E-state index contributed by atoms with van der Waals surface area (Å²) in [6, 6.07) is 11.0. The van der Waals surface area contributed by atoms with Gasteiger partial charge in [0.1, 0.15) is 23.3 Å². The Morgan fingerprint density at radius 2 is 1.16 bits per heavy atom. The van der Waals surface area contributed by atoms with E-state index in [0.29, 0.717) is 11.1 Å². The van der Waals surface area contributed by atoms with Crippen LogP contribution in [-0.4, -0.2) is 0 Å². The van der Waals surface area contributed by atoms with Crippen LogP contribution in [0.15, 0.2) is 48.5 Å². The van der Waals surface area contributed by atoms with E-state index in [2.05, 4.69) is 0 Å². The molecular weight excluding hydrogens is 328 g/mol. The van der Waals surface area contributed by atoms with Gasteiger partial charge in [0.05, 0.1) is 11.1 Å². The molecule has 0 heterocycles. The number of hydrogen-bond donors (Lipinski definition) is 0. The minimum atomic E-state index is -1.04. The Morgan fingerprint density at radius 3 is 1.64 bits per heavy atom. The van der Waals surface area contributed by atoms with Gasteiger partial charge < -0.3 is 0 Å². The predicted octanol–water partition coefficient (Wildman–Crippen LogP) is 5.87. The molecule has 0 saturated heterocycles. The van der Waals surface area contributed by atoms with Gasteiger partial charge in [0.25, 0.3) is 0 Å². The van der Waals surface area contributed by atoms with Crippen molar-refractivity contribution in [2.24, 2.45) is 0 Å². The monoisotopic (exact) mass is 340 g/mol. The number of halogens is 4. The molecule has 0 atom stereocenters. The summed E-state index contributed by atoms with van der Waals surface area (Å²) in [7, 11) is 0. The lowest BCUT2D eigenvalue weighted by atomic mass is 9.97. The predicted molar refractivity (Wildman–Crippen MR) is 89.8 cm³/mol. The normalized spacial score (nSPS) is 10.6. The van der Waals surface area contributed by atoms with Gasteiger partial charge in [-0.2, -0.15) is 0 Å². The van der Waals surface area contributed by atoms with Crippen molar-refractivity contribution in [3.05, 3.63) is 82.9 Å². The zero-order valence-corrected chi connectivity index (χ0v) is 13.2. The lowest BCUT2D eigenvalue weighted by Gasteiger charge is -2.10. The van der Waals surface area contributed by atoms with E-state index in [9.17, 15) is 17.6 Å². The molecule has 3 aromatic rings. The van der Waals surface area contributed by atoms with Crippen LogP contribution in [0.1, 0.15) is 11.1 Å². The molecule has 0 aliphatic heterocycles. The van der Waals surface area contributed by atoms with Crippen molar-refractivity contribution >= 4 is 0 Å². The summed E-state index contributed by atoms with van der Waals surface area (Å²) < 4.78 is 56.6. The van der Waals surface area contributed by atoms with Crippen LogP contribution < -0.4 is 0 Å². The van der Waals surface area contributed by atoms with E-state index in [1.807, 2.05) is 25.0 Å². The summed E-state index contributed by atoms with van der Waals surface area (Å²) in [5, 5.41) is 0. The minimum Gasteiger partial charge on any atom is -0.206 e.